The fraction of sp³-hybridized carbons (Fsp3) is 0.250. The highest BCUT2D eigenvalue weighted by Gasteiger charge is 2.26. The Morgan fingerprint density at radius 2 is 1.79 bits per heavy atom. The average Bonchev–Trinajstić information content (AvgIpc) is 2.63. The van der Waals surface area contributed by atoms with E-state index in [1.54, 1.807) is 12.1 Å². The second kappa shape index (κ2) is 7.08. The van der Waals surface area contributed by atoms with Crippen LogP contribution in [-0.2, 0) is 14.9 Å². The first-order valence-corrected chi connectivity index (χ1v) is 8.92. The van der Waals surface area contributed by atoms with Crippen LogP contribution in [0.1, 0.15) is 10.5 Å². The number of hydrogen-bond acceptors (Lipinski definition) is 5. The zero-order chi connectivity index (χ0) is 17.0. The summed E-state index contributed by atoms with van der Waals surface area (Å²) in [6.07, 6.45) is 1.48. The number of ether oxygens (including phenoxy) is 1. The molecular weight excluding hydrogens is 330 g/mol. The van der Waals surface area contributed by atoms with E-state index in [1.165, 1.54) is 10.5 Å². The van der Waals surface area contributed by atoms with Crippen LogP contribution in [0.4, 0.5) is 0 Å². The Morgan fingerprint density at radius 3 is 2.50 bits per heavy atom. The molecule has 1 aliphatic heterocycles. The minimum atomic E-state index is -3.89. The third-order valence-corrected chi connectivity index (χ3v) is 5.12. The number of nitrogens with one attached hydrogen (secondary N) is 1. The summed E-state index contributed by atoms with van der Waals surface area (Å²) in [4.78, 5) is 16.3. The van der Waals surface area contributed by atoms with E-state index in [0.29, 0.717) is 13.2 Å². The molecule has 2 aromatic rings. The first-order chi connectivity index (χ1) is 11.6. The van der Waals surface area contributed by atoms with Crippen LogP contribution in [0.15, 0.2) is 48.7 Å². The number of morpholine rings is 1. The molecule has 7 nitrogen and oxygen atoms in total. The number of benzene rings is 1. The maximum Gasteiger partial charge on any atom is 0.304 e. The summed E-state index contributed by atoms with van der Waals surface area (Å²) in [7, 11) is -3.89. The fourth-order valence-corrected chi connectivity index (χ4v) is 3.48. The lowest BCUT2D eigenvalue weighted by atomic mass is 10.1. The average molecular weight is 347 g/mol. The Balaban J connectivity index is 1.78. The lowest BCUT2D eigenvalue weighted by Gasteiger charge is -2.25. The summed E-state index contributed by atoms with van der Waals surface area (Å²) in [5.41, 5.74) is 1.76. The highest BCUT2D eigenvalue weighted by molar-refractivity contribution is 7.87. The van der Waals surface area contributed by atoms with Crippen LogP contribution in [0, 0.1) is 0 Å². The third kappa shape index (κ3) is 3.78. The summed E-state index contributed by atoms with van der Waals surface area (Å²) < 4.78 is 32.8. The molecule has 126 valence electrons. The minimum Gasteiger partial charge on any atom is -0.379 e. The molecule has 0 radical (unpaired) electrons. The fourth-order valence-electron chi connectivity index (χ4n) is 2.39. The summed E-state index contributed by atoms with van der Waals surface area (Å²) in [6.45, 7) is 1.08. The number of rotatable bonds is 4. The van der Waals surface area contributed by atoms with Crippen molar-refractivity contribution in [3.05, 3.63) is 54.4 Å². The van der Waals surface area contributed by atoms with Gasteiger partial charge >= 0.3 is 10.2 Å². The second-order valence-corrected chi connectivity index (χ2v) is 6.91. The van der Waals surface area contributed by atoms with Gasteiger partial charge in [0.15, 0.2) is 0 Å². The summed E-state index contributed by atoms with van der Waals surface area (Å²) in [5.74, 6) is -0.751. The third-order valence-electron chi connectivity index (χ3n) is 3.63. The van der Waals surface area contributed by atoms with Gasteiger partial charge in [0.2, 0.25) is 0 Å². The molecule has 2 heterocycles. The van der Waals surface area contributed by atoms with Gasteiger partial charge in [-0.3, -0.25) is 9.78 Å². The maximum atomic E-state index is 12.3. The molecule has 1 aromatic carbocycles. The van der Waals surface area contributed by atoms with Crippen LogP contribution in [0.25, 0.3) is 11.1 Å². The monoisotopic (exact) mass is 347 g/mol. The van der Waals surface area contributed by atoms with Gasteiger partial charge in [0.05, 0.1) is 13.2 Å². The number of pyridine rings is 1. The Hall–Kier alpha value is -2.29. The predicted molar refractivity (Wildman–Crippen MR) is 88.5 cm³/mol. The lowest BCUT2D eigenvalue weighted by molar-refractivity contribution is 0.0718. The van der Waals surface area contributed by atoms with Crippen molar-refractivity contribution in [1.82, 2.24) is 14.0 Å². The van der Waals surface area contributed by atoms with E-state index in [-0.39, 0.29) is 18.8 Å². The first-order valence-electron chi connectivity index (χ1n) is 7.48. The van der Waals surface area contributed by atoms with Gasteiger partial charge < -0.3 is 4.74 Å². The Labute approximate surface area is 140 Å². The van der Waals surface area contributed by atoms with Gasteiger partial charge in [0, 0.05) is 19.3 Å². The molecule has 0 unspecified atom stereocenters. The van der Waals surface area contributed by atoms with Gasteiger partial charge in [-0.2, -0.15) is 12.7 Å². The molecule has 0 bridgehead atoms. The summed E-state index contributed by atoms with van der Waals surface area (Å²) in [6, 6.07) is 12.8. The second-order valence-electron chi connectivity index (χ2n) is 5.24. The van der Waals surface area contributed by atoms with Crippen molar-refractivity contribution in [3.8, 4) is 11.1 Å². The van der Waals surface area contributed by atoms with E-state index in [4.69, 9.17) is 4.74 Å². The van der Waals surface area contributed by atoms with E-state index in [0.717, 1.165) is 11.1 Å². The van der Waals surface area contributed by atoms with Gasteiger partial charge in [-0.25, -0.2) is 4.72 Å². The molecule has 1 saturated heterocycles. The van der Waals surface area contributed by atoms with Crippen LogP contribution in [0.5, 0.6) is 0 Å². The lowest BCUT2D eigenvalue weighted by Crippen LogP contribution is -2.48. The zero-order valence-corrected chi connectivity index (χ0v) is 13.7. The van der Waals surface area contributed by atoms with E-state index < -0.39 is 16.1 Å². The maximum absolute atomic E-state index is 12.3. The molecule has 0 atom stereocenters. The van der Waals surface area contributed by atoms with E-state index >= 15 is 0 Å². The van der Waals surface area contributed by atoms with Gasteiger partial charge in [0.1, 0.15) is 5.69 Å². The van der Waals surface area contributed by atoms with Crippen molar-refractivity contribution in [2.75, 3.05) is 26.3 Å². The quantitative estimate of drug-likeness (QED) is 0.893. The molecule has 8 heteroatoms. The van der Waals surface area contributed by atoms with E-state index in [2.05, 4.69) is 9.71 Å². The number of hydrogen-bond donors (Lipinski definition) is 1. The van der Waals surface area contributed by atoms with Crippen molar-refractivity contribution in [2.24, 2.45) is 0 Å². The predicted octanol–water partition coefficient (Wildman–Crippen LogP) is 1.06. The van der Waals surface area contributed by atoms with Crippen molar-refractivity contribution in [2.45, 2.75) is 0 Å². The SMILES string of the molecule is O=C(NS(=O)(=O)N1CCOCC1)c1cc(-c2ccccc2)ccn1. The van der Waals surface area contributed by atoms with Crippen LogP contribution in [0.2, 0.25) is 0 Å². The molecule has 0 aliphatic carbocycles. The molecule has 3 rings (SSSR count). The molecule has 1 aliphatic rings. The number of aromatic nitrogens is 1. The van der Waals surface area contributed by atoms with Gasteiger partial charge in [-0.05, 0) is 23.3 Å². The standard InChI is InChI=1S/C16H17N3O4S/c20-16(18-24(21,22)19-8-10-23-11-9-19)15-12-14(6-7-17-15)13-4-2-1-3-5-13/h1-7,12H,8-11H2,(H,18,20). The Kier molecular flexibility index (Phi) is 4.89. The van der Waals surface area contributed by atoms with Crippen LogP contribution < -0.4 is 4.72 Å². The molecular formula is C16H17N3O4S. The normalized spacial score (nSPS) is 15.8. The molecule has 1 N–H and O–H groups in total. The summed E-state index contributed by atoms with van der Waals surface area (Å²) >= 11 is 0. The minimum absolute atomic E-state index is 0.0492. The van der Waals surface area contributed by atoms with Crippen molar-refractivity contribution in [3.63, 3.8) is 0 Å². The molecule has 24 heavy (non-hydrogen) atoms. The molecule has 1 fully saturated rings. The number of amides is 1. The molecule has 1 amide bonds. The van der Waals surface area contributed by atoms with Crippen molar-refractivity contribution < 1.29 is 17.9 Å². The molecule has 0 spiro atoms. The van der Waals surface area contributed by atoms with Crippen molar-refractivity contribution >= 4 is 16.1 Å². The summed E-state index contributed by atoms with van der Waals surface area (Å²) in [5, 5.41) is 0. The smallest absolute Gasteiger partial charge is 0.304 e. The van der Waals surface area contributed by atoms with Gasteiger partial charge in [-0.1, -0.05) is 30.3 Å². The topological polar surface area (TPSA) is 88.6 Å². The highest BCUT2D eigenvalue weighted by Crippen LogP contribution is 2.19. The van der Waals surface area contributed by atoms with Crippen LogP contribution in [-0.4, -0.2) is 49.9 Å². The first kappa shape index (κ1) is 16.6. The largest absolute Gasteiger partial charge is 0.379 e. The van der Waals surface area contributed by atoms with E-state index in [1.807, 2.05) is 30.3 Å². The molecule has 0 saturated carbocycles. The Bertz CT molecular complexity index is 818. The van der Waals surface area contributed by atoms with Crippen molar-refractivity contribution in [1.29, 1.82) is 0 Å². The molecule has 1 aromatic heterocycles. The number of carbonyl (C=O) groups excluding carboxylic acids is 1. The van der Waals surface area contributed by atoms with Gasteiger partial charge in [0.25, 0.3) is 5.91 Å². The van der Waals surface area contributed by atoms with Gasteiger partial charge in [-0.15, -0.1) is 0 Å². The number of carbonyl (C=O) groups is 1. The van der Waals surface area contributed by atoms with Crippen LogP contribution >= 0.6 is 0 Å². The zero-order valence-electron chi connectivity index (χ0n) is 12.9. The van der Waals surface area contributed by atoms with E-state index in [9.17, 15) is 13.2 Å². The van der Waals surface area contributed by atoms with Crippen LogP contribution in [0.3, 0.4) is 0 Å². The highest BCUT2D eigenvalue weighted by atomic mass is 32.2. The number of nitrogens with zero attached hydrogens (tertiary/aromatic N) is 2. The Morgan fingerprint density at radius 1 is 1.08 bits per heavy atom.